The summed E-state index contributed by atoms with van der Waals surface area (Å²) in [4.78, 5) is 42.1. The van der Waals surface area contributed by atoms with Gasteiger partial charge in [-0.15, -0.1) is 0 Å². The van der Waals surface area contributed by atoms with Crippen LogP contribution in [0.25, 0.3) is 0 Å². The molecule has 0 bridgehead atoms. The molecular formula is C25H32N4O3. The van der Waals surface area contributed by atoms with E-state index in [2.05, 4.69) is 29.7 Å². The van der Waals surface area contributed by atoms with Gasteiger partial charge in [-0.3, -0.25) is 14.4 Å². The Balaban J connectivity index is 1.84. The Morgan fingerprint density at radius 1 is 1.12 bits per heavy atom. The van der Waals surface area contributed by atoms with Crippen LogP contribution < -0.4 is 15.5 Å². The van der Waals surface area contributed by atoms with Gasteiger partial charge in [0.15, 0.2) is 0 Å². The number of benzene rings is 2. The van der Waals surface area contributed by atoms with E-state index in [-0.39, 0.29) is 24.3 Å². The third-order valence-corrected chi connectivity index (χ3v) is 5.96. The van der Waals surface area contributed by atoms with Gasteiger partial charge in [0.1, 0.15) is 18.6 Å². The minimum absolute atomic E-state index is 0.144. The molecule has 7 heteroatoms. The van der Waals surface area contributed by atoms with Crippen molar-refractivity contribution in [2.45, 2.75) is 38.3 Å². The van der Waals surface area contributed by atoms with E-state index >= 15 is 0 Å². The first-order valence-corrected chi connectivity index (χ1v) is 11.0. The van der Waals surface area contributed by atoms with Crippen LogP contribution in [0.4, 0.5) is 5.69 Å². The smallest absolute Gasteiger partial charge is 0.247 e. The van der Waals surface area contributed by atoms with Crippen molar-refractivity contribution < 1.29 is 14.4 Å². The molecule has 1 aliphatic rings. The summed E-state index contributed by atoms with van der Waals surface area (Å²) >= 11 is 0. The Bertz CT molecular complexity index is 971. The maximum absolute atomic E-state index is 13.4. The molecule has 0 saturated carbocycles. The lowest BCUT2D eigenvalue weighted by Crippen LogP contribution is -2.60. The average Bonchev–Trinajstić information content (AvgIpc) is 2.80. The number of carbonyl (C=O) groups excluding carboxylic acids is 3. The van der Waals surface area contributed by atoms with Gasteiger partial charge >= 0.3 is 0 Å². The standard InChI is InChI=1S/C25H32N4O3/c1-5-17-8-6-7-9-18(17)12-15-21-25(32)29(16-22(30)27-21)23(24(31)26-2)19-10-13-20(14-11-19)28(3)4/h6-11,13-14,21,23H,5,12,15-16H2,1-4H3,(H,26,31)(H,27,30)/t21-,23-/m1/s1. The van der Waals surface area contributed by atoms with Gasteiger partial charge in [0, 0.05) is 26.8 Å². The molecule has 0 unspecified atom stereocenters. The molecule has 7 nitrogen and oxygen atoms in total. The summed E-state index contributed by atoms with van der Waals surface area (Å²) in [5.74, 6) is -0.804. The van der Waals surface area contributed by atoms with Crippen molar-refractivity contribution in [1.82, 2.24) is 15.5 Å². The summed E-state index contributed by atoms with van der Waals surface area (Å²) in [6.45, 7) is 1.96. The van der Waals surface area contributed by atoms with Crippen LogP contribution in [-0.2, 0) is 27.2 Å². The highest BCUT2D eigenvalue weighted by Crippen LogP contribution is 2.26. The fourth-order valence-electron chi connectivity index (χ4n) is 4.16. The van der Waals surface area contributed by atoms with Gasteiger partial charge < -0.3 is 20.4 Å². The summed E-state index contributed by atoms with van der Waals surface area (Å²) < 4.78 is 0. The molecule has 1 heterocycles. The zero-order chi connectivity index (χ0) is 23.3. The van der Waals surface area contributed by atoms with Gasteiger partial charge in [-0.2, -0.15) is 0 Å². The van der Waals surface area contributed by atoms with Crippen molar-refractivity contribution in [2.75, 3.05) is 32.6 Å². The van der Waals surface area contributed by atoms with Crippen LogP contribution in [0, 0.1) is 0 Å². The van der Waals surface area contributed by atoms with E-state index in [1.807, 2.05) is 55.4 Å². The maximum atomic E-state index is 13.4. The van der Waals surface area contributed by atoms with Gasteiger partial charge in [-0.1, -0.05) is 43.3 Å². The van der Waals surface area contributed by atoms with E-state index in [4.69, 9.17) is 0 Å². The summed E-state index contributed by atoms with van der Waals surface area (Å²) in [5, 5.41) is 5.47. The average molecular weight is 437 g/mol. The van der Waals surface area contributed by atoms with E-state index in [1.54, 1.807) is 0 Å². The molecule has 1 saturated heterocycles. The molecule has 3 rings (SSSR count). The fourth-order valence-corrected chi connectivity index (χ4v) is 4.16. The third kappa shape index (κ3) is 5.10. The molecule has 2 N–H and O–H groups in total. The van der Waals surface area contributed by atoms with E-state index in [0.717, 1.165) is 12.1 Å². The lowest BCUT2D eigenvalue weighted by atomic mass is 9.96. The largest absolute Gasteiger partial charge is 0.378 e. The number of carbonyl (C=O) groups is 3. The van der Waals surface area contributed by atoms with E-state index < -0.39 is 12.1 Å². The lowest BCUT2D eigenvalue weighted by molar-refractivity contribution is -0.150. The number of piperazine rings is 1. The zero-order valence-corrected chi connectivity index (χ0v) is 19.2. The summed E-state index contributed by atoms with van der Waals surface area (Å²) in [7, 11) is 5.41. The third-order valence-electron chi connectivity index (χ3n) is 5.96. The van der Waals surface area contributed by atoms with Crippen molar-refractivity contribution in [3.8, 4) is 0 Å². The zero-order valence-electron chi connectivity index (χ0n) is 19.2. The molecule has 0 radical (unpaired) electrons. The molecule has 170 valence electrons. The number of likely N-dealkylation sites (N-methyl/N-ethyl adjacent to an activating group) is 1. The minimum Gasteiger partial charge on any atom is -0.378 e. The Morgan fingerprint density at radius 2 is 1.78 bits per heavy atom. The van der Waals surface area contributed by atoms with Gasteiger partial charge in [0.05, 0.1) is 0 Å². The Labute approximate surface area is 189 Å². The van der Waals surface area contributed by atoms with E-state index in [1.165, 1.54) is 23.1 Å². The van der Waals surface area contributed by atoms with Crippen LogP contribution in [0.5, 0.6) is 0 Å². The number of nitrogens with one attached hydrogen (secondary N) is 2. The van der Waals surface area contributed by atoms with Gasteiger partial charge in [0.25, 0.3) is 0 Å². The number of aryl methyl sites for hydroxylation is 2. The van der Waals surface area contributed by atoms with Crippen LogP contribution in [0.3, 0.4) is 0 Å². The van der Waals surface area contributed by atoms with Crippen LogP contribution >= 0.6 is 0 Å². The summed E-state index contributed by atoms with van der Waals surface area (Å²) in [6.07, 6.45) is 2.07. The summed E-state index contributed by atoms with van der Waals surface area (Å²) in [5.41, 5.74) is 4.08. The van der Waals surface area contributed by atoms with E-state index in [9.17, 15) is 14.4 Å². The molecule has 2 atom stereocenters. The first-order chi connectivity index (χ1) is 15.3. The van der Waals surface area contributed by atoms with Gasteiger partial charge in [0.2, 0.25) is 17.7 Å². The second-order valence-electron chi connectivity index (χ2n) is 8.25. The number of rotatable bonds is 8. The minimum atomic E-state index is -0.861. The molecule has 1 fully saturated rings. The second-order valence-corrected chi connectivity index (χ2v) is 8.25. The molecule has 32 heavy (non-hydrogen) atoms. The quantitative estimate of drug-likeness (QED) is 0.664. The van der Waals surface area contributed by atoms with Crippen molar-refractivity contribution in [2.24, 2.45) is 0 Å². The molecule has 2 aromatic rings. The summed E-state index contributed by atoms with van der Waals surface area (Å²) in [6, 6.07) is 14.1. The number of hydrogen-bond acceptors (Lipinski definition) is 4. The maximum Gasteiger partial charge on any atom is 0.247 e. The fraction of sp³-hybridized carbons (Fsp3) is 0.400. The van der Waals surface area contributed by atoms with Crippen molar-refractivity contribution in [3.63, 3.8) is 0 Å². The highest BCUT2D eigenvalue weighted by molar-refractivity contribution is 5.98. The van der Waals surface area contributed by atoms with Crippen LogP contribution in [0.15, 0.2) is 48.5 Å². The highest BCUT2D eigenvalue weighted by atomic mass is 16.2. The Hall–Kier alpha value is -3.35. The number of hydrogen-bond donors (Lipinski definition) is 2. The van der Waals surface area contributed by atoms with Crippen LogP contribution in [-0.4, -0.2) is 56.4 Å². The predicted molar refractivity (Wildman–Crippen MR) is 125 cm³/mol. The molecule has 0 spiro atoms. The SMILES string of the molecule is CCc1ccccc1CC[C@H]1NC(=O)CN([C@@H](C(=O)NC)c2ccc(N(C)C)cc2)C1=O. The molecule has 3 amide bonds. The number of nitrogens with zero attached hydrogens (tertiary/aromatic N) is 2. The highest BCUT2D eigenvalue weighted by Gasteiger charge is 2.39. The Kier molecular flexibility index (Phi) is 7.51. The number of anilines is 1. The normalized spacial score (nSPS) is 17.0. The van der Waals surface area contributed by atoms with E-state index in [0.29, 0.717) is 18.4 Å². The monoisotopic (exact) mass is 436 g/mol. The topological polar surface area (TPSA) is 81.8 Å². The van der Waals surface area contributed by atoms with Crippen LogP contribution in [0.1, 0.15) is 36.1 Å². The van der Waals surface area contributed by atoms with Crippen molar-refractivity contribution >= 4 is 23.4 Å². The predicted octanol–water partition coefficient (Wildman–Crippen LogP) is 2.06. The van der Waals surface area contributed by atoms with Gasteiger partial charge in [-0.25, -0.2) is 0 Å². The molecular weight excluding hydrogens is 404 g/mol. The van der Waals surface area contributed by atoms with Crippen molar-refractivity contribution in [3.05, 3.63) is 65.2 Å². The number of amides is 3. The van der Waals surface area contributed by atoms with Crippen molar-refractivity contribution in [1.29, 1.82) is 0 Å². The van der Waals surface area contributed by atoms with Gasteiger partial charge in [-0.05, 0) is 48.1 Å². The molecule has 0 aromatic heterocycles. The molecule has 0 aliphatic carbocycles. The van der Waals surface area contributed by atoms with Crippen LogP contribution in [0.2, 0.25) is 0 Å². The Morgan fingerprint density at radius 3 is 2.38 bits per heavy atom. The lowest BCUT2D eigenvalue weighted by Gasteiger charge is -2.37. The second kappa shape index (κ2) is 10.3. The first kappa shape index (κ1) is 23.3. The molecule has 2 aromatic carbocycles. The first-order valence-electron chi connectivity index (χ1n) is 11.0. The molecule has 1 aliphatic heterocycles.